The molecule has 1 saturated heterocycles. The van der Waals surface area contributed by atoms with Crippen molar-refractivity contribution in [2.75, 3.05) is 6.54 Å². The van der Waals surface area contributed by atoms with Crippen LogP contribution in [-0.4, -0.2) is 24.5 Å². The fraction of sp³-hybridized carbons (Fsp3) is 0.640. The summed E-state index contributed by atoms with van der Waals surface area (Å²) in [4.78, 5) is 10.9. The molecule has 1 unspecified atom stereocenters. The lowest BCUT2D eigenvalue weighted by atomic mass is 10.1. The number of piperidine rings is 1. The molecule has 1 aliphatic heterocycles. The molecular formula is C25H48N2O. The minimum absolute atomic E-state index is 0. The Morgan fingerprint density at radius 1 is 0.964 bits per heavy atom. The van der Waals surface area contributed by atoms with Crippen molar-refractivity contribution in [1.82, 2.24) is 10.6 Å². The van der Waals surface area contributed by atoms with Crippen molar-refractivity contribution in [2.24, 2.45) is 0 Å². The standard InChI is InChI=1S/C10H12.C8H14N2O.3C2H6.CH4/c1-2-3-7-10-8-5-4-6-9-10;11-8-5-7(3-4-9-8)10-6-1-2-6;3*1-2;/h3-9H,2H2,1H3;6-7,10H,1-5H2,(H,9,11);3*1-2H3;1H4/b7-3-;;;;;. The second-order valence-electron chi connectivity index (χ2n) is 5.70. The first kappa shape index (κ1) is 31.1. The number of amides is 1. The molecule has 0 spiro atoms. The van der Waals surface area contributed by atoms with Gasteiger partial charge in [0, 0.05) is 25.0 Å². The third-order valence-corrected chi connectivity index (χ3v) is 3.64. The van der Waals surface area contributed by atoms with Crippen molar-refractivity contribution in [1.29, 1.82) is 0 Å². The molecule has 164 valence electrons. The second-order valence-corrected chi connectivity index (χ2v) is 5.70. The van der Waals surface area contributed by atoms with Gasteiger partial charge in [-0.1, -0.05) is 98.4 Å². The highest BCUT2D eigenvalue weighted by Gasteiger charge is 2.27. The fourth-order valence-electron chi connectivity index (χ4n) is 2.33. The molecule has 1 aromatic rings. The number of hydrogen-bond acceptors (Lipinski definition) is 2. The molecular weight excluding hydrogens is 344 g/mol. The predicted molar refractivity (Wildman–Crippen MR) is 129 cm³/mol. The number of hydrogen-bond donors (Lipinski definition) is 2. The molecule has 2 aliphatic rings. The first-order valence-electron chi connectivity index (χ1n) is 11.0. The number of carbonyl (C=O) groups excluding carboxylic acids is 1. The molecule has 1 atom stereocenters. The Morgan fingerprint density at radius 2 is 1.54 bits per heavy atom. The van der Waals surface area contributed by atoms with Gasteiger partial charge >= 0.3 is 0 Å². The SMILES string of the molecule is C.CC.CC.CC.CC/C=C\c1ccccc1.O=C1CC(NC2CC2)CCN1. The van der Waals surface area contributed by atoms with Gasteiger partial charge in [-0.15, -0.1) is 0 Å². The van der Waals surface area contributed by atoms with Crippen LogP contribution in [0.25, 0.3) is 6.08 Å². The monoisotopic (exact) mass is 392 g/mol. The van der Waals surface area contributed by atoms with Crippen molar-refractivity contribution in [3.63, 3.8) is 0 Å². The van der Waals surface area contributed by atoms with E-state index >= 15 is 0 Å². The van der Waals surface area contributed by atoms with Crippen LogP contribution in [0, 0.1) is 0 Å². The molecule has 3 nitrogen and oxygen atoms in total. The summed E-state index contributed by atoms with van der Waals surface area (Å²) in [5.41, 5.74) is 1.28. The van der Waals surface area contributed by atoms with Gasteiger partial charge in [-0.2, -0.15) is 0 Å². The Morgan fingerprint density at radius 3 is 2.00 bits per heavy atom. The lowest BCUT2D eigenvalue weighted by molar-refractivity contribution is -0.122. The van der Waals surface area contributed by atoms with Gasteiger partial charge < -0.3 is 10.6 Å². The molecule has 1 aromatic carbocycles. The Balaban J connectivity index is -0.000000344. The van der Waals surface area contributed by atoms with Gasteiger partial charge in [0.2, 0.25) is 5.91 Å². The van der Waals surface area contributed by atoms with E-state index in [2.05, 4.69) is 54.0 Å². The van der Waals surface area contributed by atoms with Crippen molar-refractivity contribution in [3.05, 3.63) is 42.0 Å². The van der Waals surface area contributed by atoms with E-state index in [1.807, 2.05) is 47.6 Å². The maximum Gasteiger partial charge on any atom is 0.221 e. The van der Waals surface area contributed by atoms with Gasteiger partial charge in [0.1, 0.15) is 0 Å². The van der Waals surface area contributed by atoms with Gasteiger partial charge in [0.05, 0.1) is 0 Å². The van der Waals surface area contributed by atoms with Crippen molar-refractivity contribution in [2.45, 2.75) is 100 Å². The van der Waals surface area contributed by atoms with Crippen LogP contribution in [0.5, 0.6) is 0 Å². The normalized spacial score (nSPS) is 16.8. The molecule has 28 heavy (non-hydrogen) atoms. The molecule has 1 aliphatic carbocycles. The molecule has 1 heterocycles. The molecule has 2 N–H and O–H groups in total. The van der Waals surface area contributed by atoms with E-state index in [9.17, 15) is 4.79 Å². The highest BCUT2D eigenvalue weighted by Crippen LogP contribution is 2.21. The quantitative estimate of drug-likeness (QED) is 0.589. The predicted octanol–water partition coefficient (Wildman–Crippen LogP) is 6.84. The Kier molecular flexibility index (Phi) is 26.0. The smallest absolute Gasteiger partial charge is 0.221 e. The van der Waals surface area contributed by atoms with E-state index in [4.69, 9.17) is 0 Å². The van der Waals surface area contributed by atoms with Crippen LogP contribution < -0.4 is 10.6 Å². The van der Waals surface area contributed by atoms with Crippen LogP contribution in [0.15, 0.2) is 36.4 Å². The van der Waals surface area contributed by atoms with E-state index < -0.39 is 0 Å². The molecule has 1 amide bonds. The van der Waals surface area contributed by atoms with Crippen molar-refractivity contribution in [3.8, 4) is 0 Å². The lowest BCUT2D eigenvalue weighted by Crippen LogP contribution is -2.43. The molecule has 0 bridgehead atoms. The molecule has 3 heteroatoms. The summed E-state index contributed by atoms with van der Waals surface area (Å²) in [6.45, 7) is 15.0. The topological polar surface area (TPSA) is 41.1 Å². The number of carbonyl (C=O) groups is 1. The highest BCUT2D eigenvalue weighted by atomic mass is 16.1. The van der Waals surface area contributed by atoms with E-state index in [0.717, 1.165) is 25.4 Å². The van der Waals surface area contributed by atoms with Crippen molar-refractivity contribution < 1.29 is 4.79 Å². The molecule has 2 fully saturated rings. The maximum absolute atomic E-state index is 10.9. The van der Waals surface area contributed by atoms with Gasteiger partial charge in [0.15, 0.2) is 0 Å². The van der Waals surface area contributed by atoms with E-state index in [0.29, 0.717) is 12.5 Å². The summed E-state index contributed by atoms with van der Waals surface area (Å²) in [5, 5.41) is 6.29. The lowest BCUT2D eigenvalue weighted by Gasteiger charge is -2.22. The van der Waals surface area contributed by atoms with Crippen LogP contribution >= 0.6 is 0 Å². The van der Waals surface area contributed by atoms with Gasteiger partial charge in [-0.25, -0.2) is 0 Å². The Hall–Kier alpha value is -1.61. The zero-order valence-electron chi connectivity index (χ0n) is 18.8. The van der Waals surface area contributed by atoms with E-state index in [1.54, 1.807) is 0 Å². The largest absolute Gasteiger partial charge is 0.356 e. The molecule has 0 radical (unpaired) electrons. The third-order valence-electron chi connectivity index (χ3n) is 3.64. The van der Waals surface area contributed by atoms with Gasteiger partial charge in [-0.05, 0) is 31.2 Å². The number of nitrogens with one attached hydrogen (secondary N) is 2. The van der Waals surface area contributed by atoms with Crippen LogP contribution in [-0.2, 0) is 4.79 Å². The average molecular weight is 393 g/mol. The maximum atomic E-state index is 10.9. The first-order valence-corrected chi connectivity index (χ1v) is 11.0. The van der Waals surface area contributed by atoms with Crippen LogP contribution in [0.3, 0.4) is 0 Å². The van der Waals surface area contributed by atoms with E-state index in [-0.39, 0.29) is 13.3 Å². The fourth-order valence-corrected chi connectivity index (χ4v) is 2.33. The summed E-state index contributed by atoms with van der Waals surface area (Å²) in [7, 11) is 0. The number of benzene rings is 1. The zero-order chi connectivity index (χ0) is 20.9. The molecule has 0 aromatic heterocycles. The average Bonchev–Trinajstić information content (AvgIpc) is 3.56. The summed E-state index contributed by atoms with van der Waals surface area (Å²) in [6.07, 6.45) is 9.79. The molecule has 1 saturated carbocycles. The number of allylic oxidation sites excluding steroid dienone is 1. The third kappa shape index (κ3) is 17.8. The Bertz CT molecular complexity index is 453. The molecule has 3 rings (SSSR count). The zero-order valence-corrected chi connectivity index (χ0v) is 18.8. The van der Waals surface area contributed by atoms with Gasteiger partial charge in [0.25, 0.3) is 0 Å². The first-order chi connectivity index (χ1) is 13.3. The minimum Gasteiger partial charge on any atom is -0.356 e. The summed E-state index contributed by atoms with van der Waals surface area (Å²) < 4.78 is 0. The summed E-state index contributed by atoms with van der Waals surface area (Å²) >= 11 is 0. The highest BCUT2D eigenvalue weighted by molar-refractivity contribution is 5.77. The van der Waals surface area contributed by atoms with Crippen molar-refractivity contribution >= 4 is 12.0 Å². The van der Waals surface area contributed by atoms with Crippen LogP contribution in [0.2, 0.25) is 0 Å². The minimum atomic E-state index is 0. The summed E-state index contributed by atoms with van der Waals surface area (Å²) in [5.74, 6) is 0.203. The van der Waals surface area contributed by atoms with Crippen LogP contribution in [0.1, 0.15) is 93.6 Å². The van der Waals surface area contributed by atoms with Crippen LogP contribution in [0.4, 0.5) is 0 Å². The summed E-state index contributed by atoms with van der Waals surface area (Å²) in [6, 6.07) is 11.5. The Labute approximate surface area is 176 Å². The number of rotatable bonds is 4. The second kappa shape index (κ2) is 23.4. The van der Waals surface area contributed by atoms with Gasteiger partial charge in [-0.3, -0.25) is 4.79 Å². The van der Waals surface area contributed by atoms with E-state index in [1.165, 1.54) is 18.4 Å².